The minimum Gasteiger partial charge on any atom is -0.462 e. The number of furan rings is 1. The zero-order chi connectivity index (χ0) is 11.7. The first-order valence-electron chi connectivity index (χ1n) is 5.68. The summed E-state index contributed by atoms with van der Waals surface area (Å²) in [7, 11) is 0. The molecule has 2 heterocycles. The highest BCUT2D eigenvalue weighted by atomic mass is 32.2. The fraction of sp³-hybridized carbons (Fsp3) is 0.214. The fourth-order valence-corrected chi connectivity index (χ4v) is 3.26. The van der Waals surface area contributed by atoms with E-state index >= 15 is 0 Å². The Kier molecular flexibility index (Phi) is 2.77. The molecule has 2 aromatic rings. The molecule has 0 spiro atoms. The van der Waals surface area contributed by atoms with Gasteiger partial charge in [0.05, 0.1) is 17.6 Å². The van der Waals surface area contributed by atoms with Gasteiger partial charge in [0.25, 0.3) is 0 Å². The topological polar surface area (TPSA) is 25.5 Å². The van der Waals surface area contributed by atoms with Crippen LogP contribution in [0.5, 0.6) is 0 Å². The van der Waals surface area contributed by atoms with E-state index in [1.165, 1.54) is 5.56 Å². The van der Waals surface area contributed by atoms with Gasteiger partial charge in [0.1, 0.15) is 5.04 Å². The maximum absolute atomic E-state index is 5.40. The molecular formula is C14H13NOS. The van der Waals surface area contributed by atoms with Gasteiger partial charge in [0.15, 0.2) is 5.76 Å². The molecule has 1 aliphatic heterocycles. The van der Waals surface area contributed by atoms with Gasteiger partial charge in [0.2, 0.25) is 0 Å². The number of benzene rings is 1. The van der Waals surface area contributed by atoms with E-state index in [0.29, 0.717) is 11.3 Å². The summed E-state index contributed by atoms with van der Waals surface area (Å²) in [4.78, 5) is 4.67. The SMILES string of the molecule is CC1N=C(c2ccco2)SC1c1ccccc1. The van der Waals surface area contributed by atoms with Crippen molar-refractivity contribution < 1.29 is 4.42 Å². The van der Waals surface area contributed by atoms with Crippen LogP contribution in [-0.4, -0.2) is 11.1 Å². The summed E-state index contributed by atoms with van der Waals surface area (Å²) < 4.78 is 5.40. The highest BCUT2D eigenvalue weighted by molar-refractivity contribution is 8.14. The maximum atomic E-state index is 5.40. The van der Waals surface area contributed by atoms with Crippen molar-refractivity contribution in [3.63, 3.8) is 0 Å². The Balaban J connectivity index is 1.85. The molecule has 0 saturated heterocycles. The lowest BCUT2D eigenvalue weighted by Crippen LogP contribution is -2.04. The minimum absolute atomic E-state index is 0.294. The summed E-state index contributed by atoms with van der Waals surface area (Å²) in [5.41, 5.74) is 1.33. The molecule has 0 amide bonds. The smallest absolute Gasteiger partial charge is 0.158 e. The van der Waals surface area contributed by atoms with E-state index in [0.717, 1.165) is 10.8 Å². The van der Waals surface area contributed by atoms with Crippen LogP contribution in [0.3, 0.4) is 0 Å². The average molecular weight is 243 g/mol. The molecule has 3 rings (SSSR count). The van der Waals surface area contributed by atoms with Gasteiger partial charge in [-0.3, -0.25) is 4.99 Å². The molecule has 1 aromatic heterocycles. The second kappa shape index (κ2) is 4.41. The Morgan fingerprint density at radius 2 is 1.94 bits per heavy atom. The molecule has 0 bridgehead atoms. The molecule has 17 heavy (non-hydrogen) atoms. The van der Waals surface area contributed by atoms with Crippen LogP contribution >= 0.6 is 11.8 Å². The van der Waals surface area contributed by atoms with Crippen LogP contribution in [0.4, 0.5) is 0 Å². The van der Waals surface area contributed by atoms with Crippen molar-refractivity contribution in [3.8, 4) is 0 Å². The molecule has 0 saturated carbocycles. The molecule has 1 aromatic carbocycles. The van der Waals surface area contributed by atoms with E-state index in [-0.39, 0.29) is 0 Å². The number of hydrogen-bond donors (Lipinski definition) is 0. The second-order valence-corrected chi connectivity index (χ2v) is 5.23. The highest BCUT2D eigenvalue weighted by Crippen LogP contribution is 2.41. The van der Waals surface area contributed by atoms with E-state index in [2.05, 4.69) is 36.2 Å². The third kappa shape index (κ3) is 2.03. The van der Waals surface area contributed by atoms with Crippen molar-refractivity contribution in [3.05, 3.63) is 60.1 Å². The summed E-state index contributed by atoms with van der Waals surface area (Å²) >= 11 is 1.79. The van der Waals surface area contributed by atoms with Crippen molar-refractivity contribution in [2.45, 2.75) is 18.2 Å². The molecule has 2 atom stereocenters. The van der Waals surface area contributed by atoms with E-state index < -0.39 is 0 Å². The van der Waals surface area contributed by atoms with E-state index in [1.807, 2.05) is 18.2 Å². The molecule has 1 aliphatic rings. The first kappa shape index (κ1) is 10.7. The number of nitrogens with zero attached hydrogens (tertiary/aromatic N) is 1. The Labute approximate surface area is 105 Å². The Morgan fingerprint density at radius 1 is 1.12 bits per heavy atom. The molecule has 2 nitrogen and oxygen atoms in total. The highest BCUT2D eigenvalue weighted by Gasteiger charge is 2.29. The van der Waals surface area contributed by atoms with Crippen LogP contribution in [0.1, 0.15) is 23.5 Å². The summed E-state index contributed by atoms with van der Waals surface area (Å²) in [5.74, 6) is 0.875. The van der Waals surface area contributed by atoms with Crippen molar-refractivity contribution in [1.82, 2.24) is 0 Å². The van der Waals surface area contributed by atoms with Crippen molar-refractivity contribution in [2.24, 2.45) is 4.99 Å². The summed E-state index contributed by atoms with van der Waals surface area (Å²) in [6.45, 7) is 2.15. The number of rotatable bonds is 2. The van der Waals surface area contributed by atoms with Gasteiger partial charge in [-0.25, -0.2) is 0 Å². The molecule has 0 aliphatic carbocycles. The molecule has 2 unspecified atom stereocenters. The molecule has 3 heteroatoms. The van der Waals surface area contributed by atoms with Crippen molar-refractivity contribution >= 4 is 16.8 Å². The monoisotopic (exact) mass is 243 g/mol. The van der Waals surface area contributed by atoms with Gasteiger partial charge in [-0.1, -0.05) is 42.1 Å². The van der Waals surface area contributed by atoms with Gasteiger partial charge in [-0.15, -0.1) is 0 Å². The van der Waals surface area contributed by atoms with E-state index in [4.69, 9.17) is 4.42 Å². The van der Waals surface area contributed by atoms with E-state index in [1.54, 1.807) is 18.0 Å². The van der Waals surface area contributed by atoms with Crippen LogP contribution in [0, 0.1) is 0 Å². The zero-order valence-corrected chi connectivity index (χ0v) is 10.4. The number of aliphatic imine (C=N–C) groups is 1. The fourth-order valence-electron chi connectivity index (χ4n) is 2.01. The third-order valence-electron chi connectivity index (χ3n) is 2.86. The maximum Gasteiger partial charge on any atom is 0.158 e. The predicted molar refractivity (Wildman–Crippen MR) is 71.5 cm³/mol. The predicted octanol–water partition coefficient (Wildman–Crippen LogP) is 3.90. The largest absolute Gasteiger partial charge is 0.462 e. The zero-order valence-electron chi connectivity index (χ0n) is 9.54. The van der Waals surface area contributed by atoms with Gasteiger partial charge < -0.3 is 4.42 Å². The lowest BCUT2D eigenvalue weighted by Gasteiger charge is -2.12. The minimum atomic E-state index is 0.294. The van der Waals surface area contributed by atoms with Gasteiger partial charge in [0, 0.05) is 0 Å². The average Bonchev–Trinajstić information content (AvgIpc) is 2.99. The molecule has 0 fully saturated rings. The standard InChI is InChI=1S/C14H13NOS/c1-10-13(11-6-3-2-4-7-11)17-14(15-10)12-8-5-9-16-12/h2-10,13H,1H3. The van der Waals surface area contributed by atoms with Gasteiger partial charge in [-0.05, 0) is 24.6 Å². The Bertz CT molecular complexity index is 518. The van der Waals surface area contributed by atoms with Crippen LogP contribution < -0.4 is 0 Å². The quantitative estimate of drug-likeness (QED) is 0.799. The van der Waals surface area contributed by atoms with Crippen molar-refractivity contribution in [1.29, 1.82) is 0 Å². The second-order valence-electron chi connectivity index (χ2n) is 4.10. The molecule has 0 radical (unpaired) electrons. The summed E-state index contributed by atoms with van der Waals surface area (Å²) in [6, 6.07) is 14.7. The summed E-state index contributed by atoms with van der Waals surface area (Å²) in [5, 5.41) is 1.41. The van der Waals surface area contributed by atoms with Crippen LogP contribution in [0.25, 0.3) is 0 Å². The lowest BCUT2D eigenvalue weighted by atomic mass is 10.1. The Morgan fingerprint density at radius 3 is 2.65 bits per heavy atom. The first-order valence-corrected chi connectivity index (χ1v) is 6.56. The Hall–Kier alpha value is -1.48. The van der Waals surface area contributed by atoms with Crippen LogP contribution in [-0.2, 0) is 0 Å². The normalized spacial score (nSPS) is 23.7. The van der Waals surface area contributed by atoms with Gasteiger partial charge >= 0.3 is 0 Å². The first-order chi connectivity index (χ1) is 8.34. The van der Waals surface area contributed by atoms with Crippen LogP contribution in [0.15, 0.2) is 58.1 Å². The molecular weight excluding hydrogens is 230 g/mol. The van der Waals surface area contributed by atoms with Crippen LogP contribution in [0.2, 0.25) is 0 Å². The van der Waals surface area contributed by atoms with Crippen molar-refractivity contribution in [2.75, 3.05) is 0 Å². The molecule has 86 valence electrons. The van der Waals surface area contributed by atoms with Gasteiger partial charge in [-0.2, -0.15) is 0 Å². The number of hydrogen-bond acceptors (Lipinski definition) is 3. The third-order valence-corrected chi connectivity index (χ3v) is 4.31. The lowest BCUT2D eigenvalue weighted by molar-refractivity contribution is 0.559. The molecule has 0 N–H and O–H groups in total. The summed E-state index contributed by atoms with van der Waals surface area (Å²) in [6.07, 6.45) is 1.69. The van der Waals surface area contributed by atoms with E-state index in [9.17, 15) is 0 Å². The number of thioether (sulfide) groups is 1.